The van der Waals surface area contributed by atoms with Crippen LogP contribution in [0.3, 0.4) is 0 Å². The van der Waals surface area contributed by atoms with E-state index in [4.69, 9.17) is 27.9 Å². The average molecular weight is 402 g/mol. The van der Waals surface area contributed by atoms with Gasteiger partial charge < -0.3 is 16.2 Å². The fourth-order valence-electron chi connectivity index (χ4n) is 2.85. The van der Waals surface area contributed by atoms with Crippen molar-refractivity contribution in [2.45, 2.75) is 38.1 Å². The number of nitrogens with two attached hydrogens (primary N) is 1. The number of hydrogen-bond donors (Lipinski definition) is 4. The summed E-state index contributed by atoms with van der Waals surface area (Å²) in [6, 6.07) is 13.7. The van der Waals surface area contributed by atoms with Gasteiger partial charge in [0.15, 0.2) is 0 Å². The smallest absolute Gasteiger partial charge is 0.305 e. The number of amides is 1. The van der Waals surface area contributed by atoms with Crippen molar-refractivity contribution in [2.75, 3.05) is 0 Å². The summed E-state index contributed by atoms with van der Waals surface area (Å²) in [5.74, 6) is -1.11. The molecule has 0 aromatic heterocycles. The first kappa shape index (κ1) is 21.4. The van der Waals surface area contributed by atoms with Crippen LogP contribution in [0, 0.1) is 5.41 Å². The Kier molecular flexibility index (Phi) is 8.02. The summed E-state index contributed by atoms with van der Waals surface area (Å²) >= 11 is 5.87. The lowest BCUT2D eigenvalue weighted by atomic mass is 10.0. The standard InChI is InChI=1S/C21H24ClN3O3/c22-17-11-9-15(10-12-17)18(13-20(27)28)25-19(26)4-2-1-3-14-5-7-16(8-6-14)21(23)24/h5-12,18H,1-4,13H2,(H3,23,24)(H,25,26)(H,27,28). The lowest BCUT2D eigenvalue weighted by molar-refractivity contribution is -0.137. The van der Waals surface area contributed by atoms with Crippen molar-refractivity contribution in [2.24, 2.45) is 5.73 Å². The molecular weight excluding hydrogens is 378 g/mol. The number of carbonyl (C=O) groups is 2. The van der Waals surface area contributed by atoms with Crippen molar-refractivity contribution in [3.05, 3.63) is 70.2 Å². The Morgan fingerprint density at radius 1 is 1.07 bits per heavy atom. The lowest BCUT2D eigenvalue weighted by Gasteiger charge is -2.17. The number of benzene rings is 2. The summed E-state index contributed by atoms with van der Waals surface area (Å²) in [5.41, 5.74) is 7.96. The zero-order valence-electron chi connectivity index (χ0n) is 15.5. The third-order valence-electron chi connectivity index (χ3n) is 4.37. The largest absolute Gasteiger partial charge is 0.481 e. The molecule has 1 unspecified atom stereocenters. The molecule has 7 heteroatoms. The summed E-state index contributed by atoms with van der Waals surface area (Å²) in [5, 5.41) is 19.8. The number of aryl methyl sites for hydroxylation is 1. The van der Waals surface area contributed by atoms with Crippen LogP contribution in [0.4, 0.5) is 0 Å². The zero-order chi connectivity index (χ0) is 20.5. The highest BCUT2D eigenvalue weighted by Gasteiger charge is 2.17. The molecule has 0 spiro atoms. The molecule has 5 N–H and O–H groups in total. The molecule has 0 aliphatic carbocycles. The first-order valence-electron chi connectivity index (χ1n) is 9.05. The van der Waals surface area contributed by atoms with Gasteiger partial charge in [-0.25, -0.2) is 0 Å². The van der Waals surface area contributed by atoms with Gasteiger partial charge in [0, 0.05) is 17.0 Å². The molecule has 1 amide bonds. The Bertz CT molecular complexity index is 820. The molecule has 0 radical (unpaired) electrons. The first-order valence-corrected chi connectivity index (χ1v) is 9.43. The fraction of sp³-hybridized carbons (Fsp3) is 0.286. The van der Waals surface area contributed by atoms with Gasteiger partial charge >= 0.3 is 5.97 Å². The van der Waals surface area contributed by atoms with E-state index in [0.29, 0.717) is 29.0 Å². The van der Waals surface area contributed by atoms with Crippen LogP contribution in [0.25, 0.3) is 0 Å². The van der Waals surface area contributed by atoms with Crippen molar-refractivity contribution < 1.29 is 14.7 Å². The van der Waals surface area contributed by atoms with Gasteiger partial charge in [0.05, 0.1) is 12.5 Å². The number of unbranched alkanes of at least 4 members (excludes halogenated alkanes) is 1. The zero-order valence-corrected chi connectivity index (χ0v) is 16.2. The molecule has 6 nitrogen and oxygen atoms in total. The number of halogens is 1. The highest BCUT2D eigenvalue weighted by molar-refractivity contribution is 6.30. The van der Waals surface area contributed by atoms with Crippen molar-refractivity contribution in [1.29, 1.82) is 5.41 Å². The summed E-state index contributed by atoms with van der Waals surface area (Å²) in [4.78, 5) is 23.4. The van der Waals surface area contributed by atoms with E-state index < -0.39 is 12.0 Å². The molecule has 2 aromatic rings. The predicted octanol–water partition coefficient (Wildman–Crippen LogP) is 3.67. The van der Waals surface area contributed by atoms with Crippen molar-refractivity contribution in [3.8, 4) is 0 Å². The maximum atomic E-state index is 12.2. The molecule has 0 aliphatic rings. The monoisotopic (exact) mass is 401 g/mol. The minimum atomic E-state index is -0.978. The second-order valence-electron chi connectivity index (χ2n) is 6.59. The van der Waals surface area contributed by atoms with E-state index in [2.05, 4.69) is 5.32 Å². The van der Waals surface area contributed by atoms with E-state index in [1.165, 1.54) is 0 Å². The normalized spacial score (nSPS) is 11.6. The van der Waals surface area contributed by atoms with Crippen molar-refractivity contribution in [3.63, 3.8) is 0 Å². The van der Waals surface area contributed by atoms with Crippen LogP contribution in [0.15, 0.2) is 48.5 Å². The van der Waals surface area contributed by atoms with Gasteiger partial charge in [0.25, 0.3) is 0 Å². The van der Waals surface area contributed by atoms with Gasteiger partial charge in [-0.05, 0) is 42.5 Å². The summed E-state index contributed by atoms with van der Waals surface area (Å²) in [6.45, 7) is 0. The Labute approximate surface area is 169 Å². The fourth-order valence-corrected chi connectivity index (χ4v) is 2.98. The molecule has 2 rings (SSSR count). The molecule has 0 saturated carbocycles. The van der Waals surface area contributed by atoms with E-state index in [-0.39, 0.29) is 18.2 Å². The molecular formula is C21H24ClN3O3. The van der Waals surface area contributed by atoms with Crippen LogP contribution in [0.1, 0.15) is 48.4 Å². The summed E-state index contributed by atoms with van der Waals surface area (Å²) in [7, 11) is 0. The van der Waals surface area contributed by atoms with Crippen molar-refractivity contribution in [1.82, 2.24) is 5.32 Å². The minimum absolute atomic E-state index is 0.0415. The number of carboxylic acids is 1. The molecule has 0 bridgehead atoms. The third kappa shape index (κ3) is 7.04. The Morgan fingerprint density at radius 2 is 1.71 bits per heavy atom. The number of nitrogens with one attached hydrogen (secondary N) is 2. The van der Waals surface area contributed by atoms with Crippen LogP contribution >= 0.6 is 11.6 Å². The van der Waals surface area contributed by atoms with Gasteiger partial charge in [-0.2, -0.15) is 0 Å². The Balaban J connectivity index is 1.81. The van der Waals surface area contributed by atoms with Crippen LogP contribution in [-0.2, 0) is 16.0 Å². The quantitative estimate of drug-likeness (QED) is 0.276. The second-order valence-corrected chi connectivity index (χ2v) is 7.02. The van der Waals surface area contributed by atoms with Gasteiger partial charge in [-0.1, -0.05) is 48.0 Å². The Morgan fingerprint density at radius 3 is 2.29 bits per heavy atom. The molecule has 0 fully saturated rings. The molecule has 2 aromatic carbocycles. The number of hydrogen-bond acceptors (Lipinski definition) is 3. The number of nitrogen functional groups attached to an aromatic ring is 1. The van der Waals surface area contributed by atoms with E-state index in [1.54, 1.807) is 24.3 Å². The number of aliphatic carboxylic acids is 1. The first-order chi connectivity index (χ1) is 13.3. The summed E-state index contributed by atoms with van der Waals surface area (Å²) < 4.78 is 0. The number of carboxylic acid groups (broad SMARTS) is 1. The molecule has 0 aliphatic heterocycles. The van der Waals surface area contributed by atoms with Gasteiger partial charge in [0.2, 0.25) is 5.91 Å². The molecule has 1 atom stereocenters. The average Bonchev–Trinajstić information content (AvgIpc) is 2.65. The molecule has 28 heavy (non-hydrogen) atoms. The number of carbonyl (C=O) groups excluding carboxylic acids is 1. The van der Waals surface area contributed by atoms with Gasteiger partial charge in [0.1, 0.15) is 5.84 Å². The minimum Gasteiger partial charge on any atom is -0.481 e. The van der Waals surface area contributed by atoms with E-state index in [0.717, 1.165) is 18.4 Å². The van der Waals surface area contributed by atoms with Crippen LogP contribution < -0.4 is 11.1 Å². The van der Waals surface area contributed by atoms with E-state index >= 15 is 0 Å². The third-order valence-corrected chi connectivity index (χ3v) is 4.62. The van der Waals surface area contributed by atoms with Gasteiger partial charge in [-0.3, -0.25) is 15.0 Å². The summed E-state index contributed by atoms with van der Waals surface area (Å²) in [6.07, 6.45) is 2.49. The predicted molar refractivity (Wildman–Crippen MR) is 110 cm³/mol. The van der Waals surface area contributed by atoms with E-state index in [1.807, 2.05) is 24.3 Å². The molecule has 0 saturated heterocycles. The van der Waals surface area contributed by atoms with Gasteiger partial charge in [-0.15, -0.1) is 0 Å². The molecule has 148 valence electrons. The maximum Gasteiger partial charge on any atom is 0.305 e. The van der Waals surface area contributed by atoms with Crippen LogP contribution in [-0.4, -0.2) is 22.8 Å². The van der Waals surface area contributed by atoms with Crippen molar-refractivity contribution >= 4 is 29.3 Å². The number of rotatable bonds is 10. The maximum absolute atomic E-state index is 12.2. The lowest BCUT2D eigenvalue weighted by Crippen LogP contribution is -2.30. The highest BCUT2D eigenvalue weighted by atomic mass is 35.5. The van der Waals surface area contributed by atoms with Crippen LogP contribution in [0.2, 0.25) is 5.02 Å². The topological polar surface area (TPSA) is 116 Å². The molecule has 0 heterocycles. The highest BCUT2D eigenvalue weighted by Crippen LogP contribution is 2.20. The Hall–Kier alpha value is -2.86. The second kappa shape index (κ2) is 10.5. The number of amidine groups is 1. The SMILES string of the molecule is N=C(N)c1ccc(CCCCC(=O)NC(CC(=O)O)c2ccc(Cl)cc2)cc1. The van der Waals surface area contributed by atoms with E-state index in [9.17, 15) is 9.59 Å². The van der Waals surface area contributed by atoms with Crippen LogP contribution in [0.5, 0.6) is 0 Å².